The van der Waals surface area contributed by atoms with Crippen molar-refractivity contribution in [2.24, 2.45) is 5.84 Å². The molecule has 1 aromatic carbocycles. The molecule has 5 heteroatoms. The Labute approximate surface area is 112 Å². The number of aryl methyl sites for hydroxylation is 1. The van der Waals surface area contributed by atoms with Crippen LogP contribution in [0.1, 0.15) is 12.0 Å². The fourth-order valence-electron chi connectivity index (χ4n) is 2.50. The minimum Gasteiger partial charge on any atom is -0.374 e. The van der Waals surface area contributed by atoms with E-state index in [0.29, 0.717) is 11.6 Å². The largest absolute Gasteiger partial charge is 0.374 e. The Morgan fingerprint density at radius 1 is 1.32 bits per heavy atom. The molecule has 5 nitrogen and oxygen atoms in total. The second-order valence-electron chi connectivity index (χ2n) is 4.78. The van der Waals surface area contributed by atoms with Gasteiger partial charge in [0.1, 0.15) is 5.82 Å². The molecule has 0 unspecified atom stereocenters. The van der Waals surface area contributed by atoms with E-state index in [4.69, 9.17) is 5.84 Å². The number of hydrazine groups is 1. The molecular weight excluding hydrogens is 238 g/mol. The predicted molar refractivity (Wildman–Crippen MR) is 76.9 cm³/mol. The average Bonchev–Trinajstić information content (AvgIpc) is 2.47. The molecule has 0 spiro atoms. The van der Waals surface area contributed by atoms with Gasteiger partial charge < -0.3 is 10.3 Å². The smallest absolute Gasteiger partial charge is 0.161 e. The molecule has 0 bridgehead atoms. The van der Waals surface area contributed by atoms with Gasteiger partial charge in [0.05, 0.1) is 0 Å². The number of nitrogens with zero attached hydrogens (tertiary/aromatic N) is 3. The van der Waals surface area contributed by atoms with Gasteiger partial charge in [0, 0.05) is 37.1 Å². The molecule has 1 aliphatic rings. The molecule has 0 saturated carbocycles. The molecule has 19 heavy (non-hydrogen) atoms. The Morgan fingerprint density at radius 2 is 2.21 bits per heavy atom. The first-order valence-electron chi connectivity index (χ1n) is 6.42. The highest BCUT2D eigenvalue weighted by Crippen LogP contribution is 2.29. The van der Waals surface area contributed by atoms with Crippen LogP contribution in [0, 0.1) is 0 Å². The van der Waals surface area contributed by atoms with Crippen LogP contribution < -0.4 is 16.2 Å². The summed E-state index contributed by atoms with van der Waals surface area (Å²) < 4.78 is 0. The zero-order valence-corrected chi connectivity index (χ0v) is 10.9. The van der Waals surface area contributed by atoms with E-state index in [1.165, 1.54) is 17.7 Å². The molecule has 1 aromatic heterocycles. The number of benzene rings is 1. The van der Waals surface area contributed by atoms with Crippen molar-refractivity contribution in [2.45, 2.75) is 12.8 Å². The van der Waals surface area contributed by atoms with Crippen molar-refractivity contribution >= 4 is 11.5 Å². The molecule has 2 aromatic rings. The molecule has 0 fully saturated rings. The van der Waals surface area contributed by atoms with Gasteiger partial charge in [-0.15, -0.1) is 0 Å². The second-order valence-corrected chi connectivity index (χ2v) is 4.78. The van der Waals surface area contributed by atoms with Crippen LogP contribution in [-0.4, -0.2) is 23.6 Å². The fraction of sp³-hybridized carbons (Fsp3) is 0.286. The van der Waals surface area contributed by atoms with Gasteiger partial charge in [0.15, 0.2) is 5.82 Å². The summed E-state index contributed by atoms with van der Waals surface area (Å²) in [5, 5.41) is 0. The van der Waals surface area contributed by atoms with Gasteiger partial charge in [0.2, 0.25) is 0 Å². The van der Waals surface area contributed by atoms with Crippen molar-refractivity contribution in [1.29, 1.82) is 0 Å². The van der Waals surface area contributed by atoms with Crippen LogP contribution in [0.2, 0.25) is 0 Å². The third kappa shape index (κ3) is 2.24. The highest BCUT2D eigenvalue weighted by Gasteiger charge is 2.14. The summed E-state index contributed by atoms with van der Waals surface area (Å²) in [5.74, 6) is 6.70. The summed E-state index contributed by atoms with van der Waals surface area (Å²) in [6.45, 7) is 1.12. The van der Waals surface area contributed by atoms with Crippen LogP contribution in [0.3, 0.4) is 0 Å². The van der Waals surface area contributed by atoms with Crippen molar-refractivity contribution in [3.05, 3.63) is 36.0 Å². The Hall–Kier alpha value is -2.14. The highest BCUT2D eigenvalue weighted by molar-refractivity contribution is 5.66. The minimum absolute atomic E-state index is 0.625. The maximum Gasteiger partial charge on any atom is 0.161 e. The molecule has 3 rings (SSSR count). The van der Waals surface area contributed by atoms with Crippen molar-refractivity contribution < 1.29 is 0 Å². The van der Waals surface area contributed by atoms with E-state index < -0.39 is 0 Å². The standard InChI is InChI=1S/C14H17N5/c1-19-8-2-3-10-9-11(4-5-12(10)19)14-16-7-6-13(17-14)18-15/h4-7,9H,2-3,8,15H2,1H3,(H,16,17,18). The maximum atomic E-state index is 5.38. The van der Waals surface area contributed by atoms with E-state index in [1.54, 1.807) is 12.3 Å². The van der Waals surface area contributed by atoms with Crippen LogP contribution in [-0.2, 0) is 6.42 Å². The molecule has 98 valence electrons. The Balaban J connectivity index is 2.01. The van der Waals surface area contributed by atoms with Crippen LogP contribution >= 0.6 is 0 Å². The molecule has 0 radical (unpaired) electrons. The average molecular weight is 255 g/mol. The first-order valence-corrected chi connectivity index (χ1v) is 6.42. The van der Waals surface area contributed by atoms with Crippen molar-refractivity contribution in [2.75, 3.05) is 23.9 Å². The zero-order valence-electron chi connectivity index (χ0n) is 10.9. The van der Waals surface area contributed by atoms with Crippen LogP contribution in [0.15, 0.2) is 30.5 Å². The Morgan fingerprint density at radius 3 is 3.05 bits per heavy atom. The quantitative estimate of drug-likeness (QED) is 0.633. The lowest BCUT2D eigenvalue weighted by molar-refractivity contribution is 0.744. The molecular formula is C14H17N5. The Kier molecular flexibility index (Phi) is 3.05. The van der Waals surface area contributed by atoms with Crippen molar-refractivity contribution in [3.63, 3.8) is 0 Å². The lowest BCUT2D eigenvalue weighted by atomic mass is 9.99. The maximum absolute atomic E-state index is 5.38. The van der Waals surface area contributed by atoms with E-state index in [1.807, 2.05) is 0 Å². The molecule has 0 atom stereocenters. The Bertz CT molecular complexity index is 596. The van der Waals surface area contributed by atoms with E-state index in [9.17, 15) is 0 Å². The molecule has 1 aliphatic heterocycles. The number of nitrogens with two attached hydrogens (primary N) is 1. The summed E-state index contributed by atoms with van der Waals surface area (Å²) in [4.78, 5) is 11.0. The first kappa shape index (κ1) is 11.9. The highest BCUT2D eigenvalue weighted by atomic mass is 15.3. The lowest BCUT2D eigenvalue weighted by Crippen LogP contribution is -2.24. The second kappa shape index (κ2) is 4.85. The van der Waals surface area contributed by atoms with E-state index in [-0.39, 0.29) is 0 Å². The normalized spacial score (nSPS) is 14.1. The summed E-state index contributed by atoms with van der Waals surface area (Å²) in [6.07, 6.45) is 4.02. The van der Waals surface area contributed by atoms with E-state index in [0.717, 1.165) is 18.5 Å². The molecule has 0 amide bonds. The van der Waals surface area contributed by atoms with Gasteiger partial charge in [-0.2, -0.15) is 0 Å². The number of nitrogen functional groups attached to an aromatic ring is 1. The fourth-order valence-corrected chi connectivity index (χ4v) is 2.50. The van der Waals surface area contributed by atoms with Crippen LogP contribution in [0.4, 0.5) is 11.5 Å². The molecule has 0 saturated heterocycles. The monoisotopic (exact) mass is 255 g/mol. The SMILES string of the molecule is CN1CCCc2cc(-c3nccc(NN)n3)ccc21. The number of fused-ring (bicyclic) bond motifs is 1. The molecule has 0 aliphatic carbocycles. The third-order valence-electron chi connectivity index (χ3n) is 3.49. The van der Waals surface area contributed by atoms with E-state index >= 15 is 0 Å². The summed E-state index contributed by atoms with van der Waals surface area (Å²) in [7, 11) is 2.13. The van der Waals surface area contributed by atoms with Gasteiger partial charge in [-0.25, -0.2) is 15.8 Å². The zero-order chi connectivity index (χ0) is 13.2. The number of nitrogens with one attached hydrogen (secondary N) is 1. The van der Waals surface area contributed by atoms with Crippen molar-refractivity contribution in [3.8, 4) is 11.4 Å². The number of rotatable bonds is 2. The minimum atomic E-state index is 0.625. The van der Waals surface area contributed by atoms with Crippen LogP contribution in [0.25, 0.3) is 11.4 Å². The number of anilines is 2. The summed E-state index contributed by atoms with van der Waals surface area (Å²) >= 11 is 0. The molecule has 2 heterocycles. The topological polar surface area (TPSA) is 67.1 Å². The number of aromatic nitrogens is 2. The van der Waals surface area contributed by atoms with E-state index in [2.05, 4.69) is 45.5 Å². The van der Waals surface area contributed by atoms with Crippen LogP contribution in [0.5, 0.6) is 0 Å². The predicted octanol–water partition coefficient (Wildman–Crippen LogP) is 1.81. The van der Waals surface area contributed by atoms with Crippen molar-refractivity contribution in [1.82, 2.24) is 9.97 Å². The van der Waals surface area contributed by atoms with Gasteiger partial charge >= 0.3 is 0 Å². The molecule has 3 N–H and O–H groups in total. The number of hydrogen-bond acceptors (Lipinski definition) is 5. The van der Waals surface area contributed by atoms with Gasteiger partial charge in [-0.3, -0.25) is 0 Å². The van der Waals surface area contributed by atoms with Gasteiger partial charge in [-0.1, -0.05) is 0 Å². The van der Waals surface area contributed by atoms with Gasteiger partial charge in [-0.05, 0) is 36.6 Å². The number of hydrogen-bond donors (Lipinski definition) is 2. The lowest BCUT2D eigenvalue weighted by Gasteiger charge is -2.27. The first-order chi connectivity index (χ1) is 9.28. The summed E-state index contributed by atoms with van der Waals surface area (Å²) in [6, 6.07) is 8.14. The van der Waals surface area contributed by atoms with Gasteiger partial charge in [0.25, 0.3) is 0 Å². The summed E-state index contributed by atoms with van der Waals surface area (Å²) in [5.41, 5.74) is 6.25. The third-order valence-corrected chi connectivity index (χ3v) is 3.49.